The minimum absolute atomic E-state index is 0. The van der Waals surface area contributed by atoms with E-state index in [9.17, 15) is 24.0 Å². The van der Waals surface area contributed by atoms with Crippen LogP contribution in [-0.2, 0) is 35.8 Å². The third kappa shape index (κ3) is 9.37. The van der Waals surface area contributed by atoms with Gasteiger partial charge in [-0.1, -0.05) is 75.5 Å². The number of fused-ring (bicyclic) bond motifs is 2. The third-order valence-electron chi connectivity index (χ3n) is 8.66. The van der Waals surface area contributed by atoms with E-state index in [0.717, 1.165) is 35.7 Å². The number of benzene rings is 2. The van der Waals surface area contributed by atoms with Crippen molar-refractivity contribution in [3.63, 3.8) is 0 Å². The Bertz CT molecular complexity index is 1910. The number of carbonyl (C=O) groups excluding carboxylic acids is 5. The number of carbonyl (C=O) groups is 5. The average molecular weight is 725 g/mol. The molecule has 4 aromatic rings. The molecule has 0 saturated carbocycles. The topological polar surface area (TPSA) is 184 Å². The molecule has 2 aliphatic rings. The fourth-order valence-corrected chi connectivity index (χ4v) is 5.93. The molecule has 0 fully saturated rings. The Kier molecular flexibility index (Phi) is 14.7. The van der Waals surface area contributed by atoms with Crippen molar-refractivity contribution in [1.29, 1.82) is 0 Å². The van der Waals surface area contributed by atoms with E-state index in [1.165, 1.54) is 11.9 Å². The molecule has 0 bridgehead atoms. The Morgan fingerprint density at radius 3 is 1.60 bits per heavy atom. The quantitative estimate of drug-likeness (QED) is 0.172. The van der Waals surface area contributed by atoms with Crippen LogP contribution < -0.4 is 26.6 Å². The van der Waals surface area contributed by atoms with E-state index in [4.69, 9.17) is 7.85 Å². The third-order valence-corrected chi connectivity index (χ3v) is 8.66. The first-order valence-corrected chi connectivity index (χ1v) is 16.6. The molecular weight excluding hydrogens is 675 g/mol. The van der Waals surface area contributed by atoms with Crippen molar-refractivity contribution >= 4 is 37.3 Å². The summed E-state index contributed by atoms with van der Waals surface area (Å²) >= 11 is 0. The largest absolute Gasteiger partial charge is 0.357 e. The summed E-state index contributed by atoms with van der Waals surface area (Å²) in [7, 11) is 8.46. The minimum atomic E-state index is -0.712. The number of amides is 5. The highest BCUT2D eigenvalue weighted by atomic mass is 16.2. The SMILES string of the molecule is C.C.CNC(=O)[C@H](C)NC(=O)c1nc(-c2ccccc2)n2c1CNCC2.[B]C(=O)N1CCn2c(-c3ccccc3)nc(C(=O)N[C@@H](C)C(=O)NC)c2C1. The molecule has 2 aliphatic heterocycles. The van der Waals surface area contributed by atoms with Crippen molar-refractivity contribution in [2.24, 2.45) is 0 Å². The Hall–Kier alpha value is -5.77. The first-order chi connectivity index (χ1) is 24.5. The van der Waals surface area contributed by atoms with E-state index in [1.54, 1.807) is 20.9 Å². The lowest BCUT2D eigenvalue weighted by Crippen LogP contribution is -2.44. The van der Waals surface area contributed by atoms with Gasteiger partial charge in [0.2, 0.25) is 19.7 Å². The molecule has 4 heterocycles. The van der Waals surface area contributed by atoms with E-state index in [-0.39, 0.29) is 44.8 Å². The van der Waals surface area contributed by atoms with Crippen molar-refractivity contribution in [2.75, 3.05) is 27.2 Å². The van der Waals surface area contributed by atoms with Gasteiger partial charge in [0.1, 0.15) is 23.7 Å². The Morgan fingerprint density at radius 2 is 1.15 bits per heavy atom. The normalized spacial score (nSPS) is 13.8. The summed E-state index contributed by atoms with van der Waals surface area (Å²) in [6.45, 7) is 6.51. The maximum atomic E-state index is 12.8. The summed E-state index contributed by atoms with van der Waals surface area (Å²) in [5.41, 5.74) is 3.85. The lowest BCUT2D eigenvalue weighted by Gasteiger charge is -2.29. The van der Waals surface area contributed by atoms with Crippen LogP contribution in [0.2, 0.25) is 0 Å². The molecule has 0 saturated heterocycles. The van der Waals surface area contributed by atoms with Gasteiger partial charge in [-0.05, 0) is 13.8 Å². The fraction of sp³-hybridized carbons (Fsp3) is 0.378. The maximum absolute atomic E-state index is 12.8. The van der Waals surface area contributed by atoms with E-state index >= 15 is 0 Å². The molecule has 2 radical (unpaired) electrons. The van der Waals surface area contributed by atoms with Gasteiger partial charge in [-0.25, -0.2) is 9.97 Å². The highest BCUT2D eigenvalue weighted by Crippen LogP contribution is 2.27. The number of nitrogens with zero attached hydrogens (tertiary/aromatic N) is 5. The van der Waals surface area contributed by atoms with E-state index < -0.39 is 23.8 Å². The van der Waals surface area contributed by atoms with Crippen molar-refractivity contribution in [2.45, 2.75) is 67.0 Å². The predicted octanol–water partition coefficient (Wildman–Crippen LogP) is 2.31. The van der Waals surface area contributed by atoms with Gasteiger partial charge in [0.05, 0.1) is 17.9 Å². The molecule has 5 N–H and O–H groups in total. The highest BCUT2D eigenvalue weighted by molar-refractivity contribution is 6.56. The molecule has 0 spiro atoms. The summed E-state index contributed by atoms with van der Waals surface area (Å²) in [6.07, 6.45) is 0. The van der Waals surface area contributed by atoms with E-state index in [0.29, 0.717) is 36.8 Å². The highest BCUT2D eigenvalue weighted by Gasteiger charge is 2.30. The lowest BCUT2D eigenvalue weighted by atomic mass is 10.1. The van der Waals surface area contributed by atoms with Crippen LogP contribution in [-0.4, -0.2) is 101 Å². The van der Waals surface area contributed by atoms with Gasteiger partial charge in [-0.3, -0.25) is 24.0 Å². The van der Waals surface area contributed by atoms with Crippen molar-refractivity contribution in [1.82, 2.24) is 50.6 Å². The van der Waals surface area contributed by atoms with Crippen LogP contribution >= 0.6 is 0 Å². The Balaban J connectivity index is 0.000000277. The summed E-state index contributed by atoms with van der Waals surface area (Å²) in [4.78, 5) is 70.9. The summed E-state index contributed by atoms with van der Waals surface area (Å²) < 4.78 is 4.00. The zero-order valence-electron chi connectivity index (χ0n) is 29.0. The summed E-state index contributed by atoms with van der Waals surface area (Å²) in [5, 5.41) is 13.6. The standard InChI is InChI=1S/C18H20BN5O3.C17H21N5O2.2CH4/c1-11(16(25)20-2)21-17(26)14-13-10-23(18(19)27)8-9-24(13)15(22-14)12-6-4-3-5-7-12;1-11(16(23)18-2)20-17(24)14-13-10-19-8-9-22(13)15(21-14)12-6-4-3-5-7-12;;/h3-7,11H,8-10H2,1-2H3,(H,20,25)(H,21,26);3-7,11,19H,8-10H2,1-2H3,(H,18,23)(H,20,24);2*1H4/t2*11-;;/m00../s1. The molecule has 280 valence electrons. The van der Waals surface area contributed by atoms with E-state index in [2.05, 4.69) is 41.1 Å². The first kappa shape index (κ1) is 41.7. The molecule has 2 aromatic carbocycles. The van der Waals surface area contributed by atoms with Crippen LogP contribution in [0.4, 0.5) is 4.79 Å². The van der Waals surface area contributed by atoms with Gasteiger partial charge >= 0.3 is 0 Å². The Labute approximate surface area is 311 Å². The number of aromatic nitrogens is 4. The number of imidazole rings is 2. The molecular formula is C37H49BN10O5. The van der Waals surface area contributed by atoms with Crippen molar-refractivity contribution in [3.8, 4) is 22.8 Å². The number of likely N-dealkylation sites (N-methyl/N-ethyl adjacent to an activating group) is 2. The number of nitrogens with one attached hydrogen (secondary N) is 5. The summed E-state index contributed by atoms with van der Waals surface area (Å²) in [6, 6.07) is 18.0. The van der Waals surface area contributed by atoms with E-state index in [1.807, 2.05) is 65.2 Å². The average Bonchev–Trinajstić information content (AvgIpc) is 3.74. The maximum Gasteiger partial charge on any atom is 0.272 e. The molecule has 2 aromatic heterocycles. The van der Waals surface area contributed by atoms with Gasteiger partial charge in [0, 0.05) is 57.9 Å². The zero-order chi connectivity index (χ0) is 36.7. The molecule has 2 atom stereocenters. The van der Waals surface area contributed by atoms with Crippen LogP contribution in [0, 0.1) is 0 Å². The van der Waals surface area contributed by atoms with Crippen molar-refractivity contribution in [3.05, 3.63) is 83.4 Å². The minimum Gasteiger partial charge on any atom is -0.357 e. The molecule has 16 heteroatoms. The fourth-order valence-electron chi connectivity index (χ4n) is 5.93. The van der Waals surface area contributed by atoms with Gasteiger partial charge in [0.15, 0.2) is 17.2 Å². The molecule has 6 rings (SSSR count). The number of hydrogen-bond acceptors (Lipinski definition) is 8. The molecule has 53 heavy (non-hydrogen) atoms. The second kappa shape index (κ2) is 18.6. The molecule has 0 unspecified atom stereocenters. The predicted molar refractivity (Wildman–Crippen MR) is 204 cm³/mol. The van der Waals surface area contributed by atoms with Crippen LogP contribution in [0.1, 0.15) is 61.1 Å². The zero-order valence-corrected chi connectivity index (χ0v) is 29.0. The smallest absolute Gasteiger partial charge is 0.272 e. The monoisotopic (exact) mass is 724 g/mol. The lowest BCUT2D eigenvalue weighted by molar-refractivity contribution is -0.122. The van der Waals surface area contributed by atoms with Crippen LogP contribution in [0.15, 0.2) is 60.7 Å². The Morgan fingerprint density at radius 1 is 0.698 bits per heavy atom. The second-order valence-electron chi connectivity index (χ2n) is 12.1. The van der Waals surface area contributed by atoms with Gasteiger partial charge in [0.25, 0.3) is 11.8 Å². The number of rotatable bonds is 8. The van der Waals surface area contributed by atoms with Gasteiger partial charge in [-0.15, -0.1) is 0 Å². The van der Waals surface area contributed by atoms with Crippen LogP contribution in [0.25, 0.3) is 22.8 Å². The van der Waals surface area contributed by atoms with Gasteiger partial charge in [-0.2, -0.15) is 0 Å². The first-order valence-electron chi connectivity index (χ1n) is 16.6. The molecule has 0 aliphatic carbocycles. The van der Waals surface area contributed by atoms with Crippen LogP contribution in [0.3, 0.4) is 0 Å². The number of hydrogen-bond donors (Lipinski definition) is 5. The summed E-state index contributed by atoms with van der Waals surface area (Å²) in [5.74, 6) is -0.466. The van der Waals surface area contributed by atoms with Gasteiger partial charge < -0.3 is 40.6 Å². The molecule has 5 amide bonds. The second-order valence-corrected chi connectivity index (χ2v) is 12.1. The van der Waals surface area contributed by atoms with Crippen LogP contribution in [0.5, 0.6) is 0 Å². The molecule has 15 nitrogen and oxygen atoms in total. The van der Waals surface area contributed by atoms with Crippen molar-refractivity contribution < 1.29 is 24.0 Å².